The number of nitrogens with one attached hydrogen (secondary N) is 1. The van der Waals surface area contributed by atoms with Crippen LogP contribution >= 0.6 is 0 Å². The van der Waals surface area contributed by atoms with Crippen LogP contribution in [-0.2, 0) is 11.3 Å². The lowest BCUT2D eigenvalue weighted by molar-refractivity contribution is -0.115. The molecule has 0 aliphatic rings. The Morgan fingerprint density at radius 3 is 2.29 bits per heavy atom. The van der Waals surface area contributed by atoms with Crippen molar-refractivity contribution in [2.24, 2.45) is 0 Å². The van der Waals surface area contributed by atoms with Gasteiger partial charge in [0.05, 0.1) is 17.9 Å². The minimum Gasteiger partial charge on any atom is -0.457 e. The molecule has 0 saturated carbocycles. The first-order valence-electron chi connectivity index (χ1n) is 10.6. The van der Waals surface area contributed by atoms with E-state index in [2.05, 4.69) is 10.3 Å². The second kappa shape index (κ2) is 10.1. The quantitative estimate of drug-likeness (QED) is 0.401. The summed E-state index contributed by atoms with van der Waals surface area (Å²) in [7, 11) is 0. The van der Waals surface area contributed by atoms with E-state index in [9.17, 15) is 18.4 Å². The van der Waals surface area contributed by atoms with Gasteiger partial charge in [-0.3, -0.25) is 14.6 Å². The molecule has 0 radical (unpaired) electrons. The lowest BCUT2D eigenvalue weighted by Crippen LogP contribution is -2.27. The summed E-state index contributed by atoms with van der Waals surface area (Å²) in [6.45, 7) is 1.76. The van der Waals surface area contributed by atoms with Crippen molar-refractivity contribution in [2.45, 2.75) is 19.9 Å². The van der Waals surface area contributed by atoms with E-state index in [0.717, 1.165) is 0 Å². The topological polar surface area (TPSA) is 73.2 Å². The molecule has 0 bridgehead atoms. The number of hydrogen-bond donors (Lipinski definition) is 1. The van der Waals surface area contributed by atoms with Gasteiger partial charge in [-0.05, 0) is 72.3 Å². The first kappa shape index (κ1) is 22.8. The number of pyridine rings is 2. The van der Waals surface area contributed by atoms with Crippen LogP contribution in [0.3, 0.4) is 0 Å². The number of carbonyl (C=O) groups is 1. The average molecular weight is 461 g/mol. The molecule has 0 fully saturated rings. The van der Waals surface area contributed by atoms with Crippen molar-refractivity contribution in [3.8, 4) is 22.8 Å². The number of carbonyl (C=O) groups excluding carboxylic acids is 1. The minimum atomic E-state index is -0.421. The van der Waals surface area contributed by atoms with Gasteiger partial charge in [0.15, 0.2) is 0 Å². The van der Waals surface area contributed by atoms with E-state index in [1.165, 1.54) is 47.0 Å². The Labute approximate surface area is 194 Å². The number of rotatable bonds is 7. The number of halogens is 2. The molecule has 1 N–H and O–H groups in total. The zero-order chi connectivity index (χ0) is 24.1. The normalized spacial score (nSPS) is 10.7. The number of ether oxygens (including phenoxy) is 1. The summed E-state index contributed by atoms with van der Waals surface area (Å²) < 4.78 is 33.8. The first-order valence-corrected chi connectivity index (χ1v) is 10.6. The maximum atomic E-state index is 13.5. The predicted molar refractivity (Wildman–Crippen MR) is 125 cm³/mol. The summed E-state index contributed by atoms with van der Waals surface area (Å²) in [5, 5.41) is 2.61. The fourth-order valence-corrected chi connectivity index (χ4v) is 3.35. The summed E-state index contributed by atoms with van der Waals surface area (Å²) in [4.78, 5) is 29.5. The second-order valence-corrected chi connectivity index (χ2v) is 7.47. The first-order chi connectivity index (χ1) is 16.4. The number of nitrogens with zero attached hydrogens (tertiary/aromatic N) is 2. The Morgan fingerprint density at radius 1 is 0.941 bits per heavy atom. The molecule has 4 rings (SSSR count). The molecule has 0 unspecified atom stereocenters. The monoisotopic (exact) mass is 461 g/mol. The highest BCUT2D eigenvalue weighted by Crippen LogP contribution is 2.24. The van der Waals surface area contributed by atoms with E-state index >= 15 is 0 Å². The van der Waals surface area contributed by atoms with E-state index in [1.807, 2.05) is 0 Å². The third-order valence-corrected chi connectivity index (χ3v) is 5.07. The van der Waals surface area contributed by atoms with Gasteiger partial charge in [-0.2, -0.15) is 0 Å². The fourth-order valence-electron chi connectivity index (χ4n) is 3.35. The van der Waals surface area contributed by atoms with Gasteiger partial charge in [-0.1, -0.05) is 6.92 Å². The number of anilines is 1. The van der Waals surface area contributed by atoms with Gasteiger partial charge in [0.25, 0.3) is 5.56 Å². The van der Waals surface area contributed by atoms with Crippen LogP contribution in [-0.4, -0.2) is 15.5 Å². The number of amides is 1. The van der Waals surface area contributed by atoms with Gasteiger partial charge in [0.2, 0.25) is 5.91 Å². The van der Waals surface area contributed by atoms with Crippen molar-refractivity contribution in [2.75, 3.05) is 5.32 Å². The Morgan fingerprint density at radius 2 is 1.62 bits per heavy atom. The molecule has 0 saturated heterocycles. The molecule has 0 atom stereocenters. The van der Waals surface area contributed by atoms with Crippen molar-refractivity contribution in [3.63, 3.8) is 0 Å². The van der Waals surface area contributed by atoms with Crippen LogP contribution in [0.2, 0.25) is 0 Å². The summed E-state index contributed by atoms with van der Waals surface area (Å²) in [5.74, 6) is -0.135. The molecule has 0 aliphatic carbocycles. The van der Waals surface area contributed by atoms with Crippen LogP contribution in [0.25, 0.3) is 11.3 Å². The number of hydrogen-bond acceptors (Lipinski definition) is 4. The smallest absolute Gasteiger partial charge is 0.275 e. The van der Waals surface area contributed by atoms with E-state index in [4.69, 9.17) is 4.74 Å². The van der Waals surface area contributed by atoms with Crippen LogP contribution in [0, 0.1) is 11.6 Å². The van der Waals surface area contributed by atoms with Crippen LogP contribution in [0.15, 0.2) is 83.8 Å². The molecule has 34 heavy (non-hydrogen) atoms. The third kappa shape index (κ3) is 5.35. The number of aromatic nitrogens is 2. The van der Waals surface area contributed by atoms with E-state index in [1.54, 1.807) is 43.5 Å². The highest BCUT2D eigenvalue weighted by molar-refractivity contribution is 5.90. The van der Waals surface area contributed by atoms with Crippen molar-refractivity contribution in [1.82, 2.24) is 9.55 Å². The molecule has 2 aromatic heterocycles. The highest BCUT2D eigenvalue weighted by Gasteiger charge is 2.14. The van der Waals surface area contributed by atoms with Crippen LogP contribution in [0.1, 0.15) is 19.0 Å². The third-order valence-electron chi connectivity index (χ3n) is 5.07. The van der Waals surface area contributed by atoms with Gasteiger partial charge < -0.3 is 14.6 Å². The fraction of sp³-hybridized carbons (Fsp3) is 0.115. The molecule has 172 valence electrons. The van der Waals surface area contributed by atoms with Crippen LogP contribution in [0.4, 0.5) is 14.5 Å². The van der Waals surface area contributed by atoms with Gasteiger partial charge in [0.1, 0.15) is 28.8 Å². The molecular formula is C26H21F2N3O3. The van der Waals surface area contributed by atoms with Gasteiger partial charge in [0, 0.05) is 18.7 Å². The molecule has 4 aromatic rings. The molecular weight excluding hydrogens is 440 g/mol. The standard InChI is InChI=1S/C26H21F2N3O3/c1-2-25(32)30-23-11-12-24(17-3-5-18(27)6-4-17)31(26(23)33)16-20-15-22(13-14-29-20)34-21-9-7-19(28)8-10-21/h3-15H,2,16H2,1H3,(H,30,32). The minimum absolute atomic E-state index is 0.0714. The zero-order valence-electron chi connectivity index (χ0n) is 18.3. The van der Waals surface area contributed by atoms with Crippen molar-refractivity contribution < 1.29 is 18.3 Å². The largest absolute Gasteiger partial charge is 0.457 e. The van der Waals surface area contributed by atoms with E-state index in [0.29, 0.717) is 28.5 Å². The van der Waals surface area contributed by atoms with Gasteiger partial charge in [-0.15, -0.1) is 0 Å². The van der Waals surface area contributed by atoms with Gasteiger partial charge in [-0.25, -0.2) is 8.78 Å². The molecule has 0 spiro atoms. The molecule has 2 aromatic carbocycles. The van der Waals surface area contributed by atoms with Crippen LogP contribution < -0.4 is 15.6 Å². The SMILES string of the molecule is CCC(=O)Nc1ccc(-c2ccc(F)cc2)n(Cc2cc(Oc3ccc(F)cc3)ccn2)c1=O. The maximum absolute atomic E-state index is 13.5. The van der Waals surface area contributed by atoms with Crippen molar-refractivity contribution in [3.05, 3.63) is 107 Å². The molecule has 6 nitrogen and oxygen atoms in total. The lowest BCUT2D eigenvalue weighted by atomic mass is 10.1. The van der Waals surface area contributed by atoms with Crippen LogP contribution in [0.5, 0.6) is 11.5 Å². The summed E-state index contributed by atoms with van der Waals surface area (Å²) in [5.41, 5.74) is 1.40. The number of benzene rings is 2. The van der Waals surface area contributed by atoms with Gasteiger partial charge >= 0.3 is 0 Å². The summed E-state index contributed by atoms with van der Waals surface area (Å²) in [6, 6.07) is 17.9. The Balaban J connectivity index is 1.71. The Kier molecular flexibility index (Phi) is 6.77. The molecule has 1 amide bonds. The summed E-state index contributed by atoms with van der Waals surface area (Å²) >= 11 is 0. The Bertz CT molecular complexity index is 1370. The highest BCUT2D eigenvalue weighted by atomic mass is 19.1. The average Bonchev–Trinajstić information content (AvgIpc) is 2.84. The molecule has 2 heterocycles. The van der Waals surface area contributed by atoms with Crippen molar-refractivity contribution in [1.29, 1.82) is 0 Å². The summed E-state index contributed by atoms with van der Waals surface area (Å²) in [6.07, 6.45) is 1.77. The maximum Gasteiger partial charge on any atom is 0.275 e. The molecule has 0 aliphatic heterocycles. The van der Waals surface area contributed by atoms with E-state index in [-0.39, 0.29) is 30.4 Å². The molecule has 8 heteroatoms. The van der Waals surface area contributed by atoms with Crippen molar-refractivity contribution >= 4 is 11.6 Å². The lowest BCUT2D eigenvalue weighted by Gasteiger charge is -2.16. The Hall–Kier alpha value is -4.33. The van der Waals surface area contributed by atoms with E-state index < -0.39 is 11.4 Å². The zero-order valence-corrected chi connectivity index (χ0v) is 18.3. The predicted octanol–water partition coefficient (Wildman–Crippen LogP) is 5.38. The second-order valence-electron chi connectivity index (χ2n) is 7.47.